The largest absolute Gasteiger partial charge is 0.342 e. The molecule has 0 bridgehead atoms. The van der Waals surface area contributed by atoms with E-state index in [1.54, 1.807) is 0 Å². The second-order valence-electron chi connectivity index (χ2n) is 8.74. The number of fused-ring (bicyclic) bond motifs is 2. The van der Waals surface area contributed by atoms with Crippen molar-refractivity contribution in [3.63, 3.8) is 0 Å². The topological polar surface area (TPSA) is 46.9 Å². The summed E-state index contributed by atoms with van der Waals surface area (Å²) in [5.74, 6) is 0.770. The van der Waals surface area contributed by atoms with Crippen molar-refractivity contribution in [3.05, 3.63) is 113 Å². The lowest BCUT2D eigenvalue weighted by atomic mass is 10.0. The molecule has 4 aromatic carbocycles. The second-order valence-corrected chi connectivity index (χ2v) is 8.74. The minimum Gasteiger partial charge on any atom is -0.342 e. The van der Waals surface area contributed by atoms with Crippen LogP contribution >= 0.6 is 0 Å². The summed E-state index contributed by atoms with van der Waals surface area (Å²) in [4.78, 5) is 17.9. The Hall–Kier alpha value is -3.92. The lowest BCUT2D eigenvalue weighted by molar-refractivity contribution is 0.0937. The fraction of sp³-hybridized carbons (Fsp3) is 0.172. The molecule has 4 heteroatoms. The quantitative estimate of drug-likeness (QED) is 0.351. The molecule has 5 aromatic rings. The van der Waals surface area contributed by atoms with Gasteiger partial charge in [-0.25, -0.2) is 4.98 Å². The molecule has 33 heavy (non-hydrogen) atoms. The predicted octanol–water partition coefficient (Wildman–Crippen LogP) is 6.35. The Labute approximate surface area is 193 Å². The summed E-state index contributed by atoms with van der Waals surface area (Å²) in [6.45, 7) is 6.69. The van der Waals surface area contributed by atoms with Crippen LogP contribution < -0.4 is 5.32 Å². The average Bonchev–Trinajstić information content (AvgIpc) is 3.17. The highest BCUT2D eigenvalue weighted by molar-refractivity contribution is 5.96. The molecular weight excluding hydrogens is 406 g/mol. The molecule has 1 unspecified atom stereocenters. The molecule has 0 aliphatic heterocycles. The van der Waals surface area contributed by atoms with Gasteiger partial charge in [0.1, 0.15) is 5.82 Å². The molecule has 1 amide bonds. The fourth-order valence-electron chi connectivity index (χ4n) is 4.52. The number of nitrogens with one attached hydrogen (secondary N) is 1. The number of amides is 1. The first-order valence-corrected chi connectivity index (χ1v) is 11.3. The van der Waals surface area contributed by atoms with Gasteiger partial charge in [0.2, 0.25) is 0 Å². The van der Waals surface area contributed by atoms with E-state index < -0.39 is 0 Å². The van der Waals surface area contributed by atoms with Crippen LogP contribution in [0.4, 0.5) is 0 Å². The molecule has 1 aromatic heterocycles. The minimum absolute atomic E-state index is 0.0793. The van der Waals surface area contributed by atoms with Crippen molar-refractivity contribution < 1.29 is 4.79 Å². The summed E-state index contributed by atoms with van der Waals surface area (Å²) in [6, 6.07) is 28.7. The van der Waals surface area contributed by atoms with E-state index in [4.69, 9.17) is 4.98 Å². The van der Waals surface area contributed by atoms with E-state index in [9.17, 15) is 4.79 Å². The number of hydrogen-bond acceptors (Lipinski definition) is 2. The zero-order valence-electron chi connectivity index (χ0n) is 19.2. The van der Waals surface area contributed by atoms with E-state index in [0.29, 0.717) is 12.1 Å². The SMILES string of the molecule is Cc1ccc(C(=O)NC(C)c2nc3ccccc3n2Cc2ccc3ccccc3c2)c(C)c1. The molecule has 1 N–H and O–H groups in total. The van der Waals surface area contributed by atoms with Gasteiger partial charge in [0.15, 0.2) is 0 Å². The van der Waals surface area contributed by atoms with Crippen LogP contribution in [-0.4, -0.2) is 15.5 Å². The Morgan fingerprint density at radius 3 is 2.48 bits per heavy atom. The standard InChI is InChI=1S/C29H27N3O/c1-19-12-15-25(20(2)16-19)29(33)30-21(3)28-31-26-10-6-7-11-27(26)32(28)18-22-13-14-23-8-4-5-9-24(23)17-22/h4-17,21H,18H2,1-3H3,(H,30,33). The van der Waals surface area contributed by atoms with Gasteiger partial charge >= 0.3 is 0 Å². The van der Waals surface area contributed by atoms with Crippen molar-refractivity contribution in [3.8, 4) is 0 Å². The average molecular weight is 434 g/mol. The number of aryl methyl sites for hydroxylation is 2. The fourth-order valence-corrected chi connectivity index (χ4v) is 4.52. The first-order valence-electron chi connectivity index (χ1n) is 11.3. The monoisotopic (exact) mass is 433 g/mol. The molecule has 0 saturated carbocycles. The van der Waals surface area contributed by atoms with Crippen molar-refractivity contribution in [2.75, 3.05) is 0 Å². The third-order valence-corrected chi connectivity index (χ3v) is 6.20. The summed E-state index contributed by atoms with van der Waals surface area (Å²) >= 11 is 0. The van der Waals surface area contributed by atoms with Crippen molar-refractivity contribution in [2.24, 2.45) is 0 Å². The Bertz CT molecular complexity index is 1480. The summed E-state index contributed by atoms with van der Waals surface area (Å²) in [7, 11) is 0. The number of benzene rings is 4. The number of para-hydroxylation sites is 2. The van der Waals surface area contributed by atoms with Gasteiger partial charge in [-0.05, 0) is 66.9 Å². The number of rotatable bonds is 5. The smallest absolute Gasteiger partial charge is 0.252 e. The van der Waals surface area contributed by atoms with Crippen LogP contribution in [0.2, 0.25) is 0 Å². The number of nitrogens with zero attached hydrogens (tertiary/aromatic N) is 2. The van der Waals surface area contributed by atoms with E-state index in [-0.39, 0.29) is 11.9 Å². The van der Waals surface area contributed by atoms with Crippen molar-refractivity contribution >= 4 is 27.7 Å². The summed E-state index contributed by atoms with van der Waals surface area (Å²) in [5.41, 5.74) is 6.02. The lowest BCUT2D eigenvalue weighted by Crippen LogP contribution is -2.29. The van der Waals surface area contributed by atoms with Crippen molar-refractivity contribution in [2.45, 2.75) is 33.4 Å². The van der Waals surface area contributed by atoms with Crippen LogP contribution in [0.25, 0.3) is 21.8 Å². The zero-order valence-corrected chi connectivity index (χ0v) is 19.2. The highest BCUT2D eigenvalue weighted by Gasteiger charge is 2.20. The van der Waals surface area contributed by atoms with E-state index >= 15 is 0 Å². The van der Waals surface area contributed by atoms with Gasteiger partial charge in [-0.2, -0.15) is 0 Å². The van der Waals surface area contributed by atoms with Gasteiger partial charge in [-0.15, -0.1) is 0 Å². The third kappa shape index (κ3) is 4.12. The molecule has 0 aliphatic rings. The van der Waals surface area contributed by atoms with E-state index in [0.717, 1.165) is 28.0 Å². The van der Waals surface area contributed by atoms with E-state index in [1.165, 1.54) is 16.3 Å². The maximum atomic E-state index is 13.0. The number of aromatic nitrogens is 2. The molecule has 0 fully saturated rings. The van der Waals surface area contributed by atoms with Gasteiger partial charge in [-0.3, -0.25) is 4.79 Å². The van der Waals surface area contributed by atoms with Gasteiger partial charge in [0.25, 0.3) is 5.91 Å². The van der Waals surface area contributed by atoms with Gasteiger partial charge in [0.05, 0.1) is 17.1 Å². The molecule has 0 spiro atoms. The number of carbonyl (C=O) groups is 1. The van der Waals surface area contributed by atoms with Crippen LogP contribution in [-0.2, 0) is 6.54 Å². The van der Waals surface area contributed by atoms with Crippen LogP contribution in [0, 0.1) is 13.8 Å². The molecular formula is C29H27N3O. The number of carbonyl (C=O) groups excluding carboxylic acids is 1. The first kappa shape index (κ1) is 21.0. The summed E-state index contributed by atoms with van der Waals surface area (Å²) < 4.78 is 2.21. The minimum atomic E-state index is -0.244. The summed E-state index contributed by atoms with van der Waals surface area (Å²) in [5, 5.41) is 5.61. The zero-order chi connectivity index (χ0) is 22.9. The number of hydrogen-bond donors (Lipinski definition) is 1. The second kappa shape index (κ2) is 8.55. The Kier molecular flexibility index (Phi) is 5.43. The molecule has 5 rings (SSSR count). The van der Waals surface area contributed by atoms with Crippen LogP contribution in [0.15, 0.2) is 84.9 Å². The van der Waals surface area contributed by atoms with Crippen molar-refractivity contribution in [1.29, 1.82) is 0 Å². The highest BCUT2D eigenvalue weighted by atomic mass is 16.1. The third-order valence-electron chi connectivity index (χ3n) is 6.20. The first-order chi connectivity index (χ1) is 16.0. The van der Waals surface area contributed by atoms with Gasteiger partial charge < -0.3 is 9.88 Å². The maximum absolute atomic E-state index is 13.0. The molecule has 0 saturated heterocycles. The molecule has 164 valence electrons. The normalized spacial score (nSPS) is 12.2. The van der Waals surface area contributed by atoms with Crippen molar-refractivity contribution in [1.82, 2.24) is 14.9 Å². The Balaban J connectivity index is 1.49. The Morgan fingerprint density at radius 2 is 1.67 bits per heavy atom. The van der Waals surface area contributed by atoms with Crippen LogP contribution in [0.3, 0.4) is 0 Å². The molecule has 0 radical (unpaired) electrons. The Morgan fingerprint density at radius 1 is 0.909 bits per heavy atom. The van der Waals surface area contributed by atoms with Gasteiger partial charge in [0, 0.05) is 12.1 Å². The molecule has 1 heterocycles. The molecule has 4 nitrogen and oxygen atoms in total. The highest BCUT2D eigenvalue weighted by Crippen LogP contribution is 2.24. The lowest BCUT2D eigenvalue weighted by Gasteiger charge is -2.17. The van der Waals surface area contributed by atoms with E-state index in [1.807, 2.05) is 57.2 Å². The van der Waals surface area contributed by atoms with Crippen LogP contribution in [0.1, 0.15) is 45.8 Å². The number of imidazole rings is 1. The predicted molar refractivity (Wildman–Crippen MR) is 135 cm³/mol. The maximum Gasteiger partial charge on any atom is 0.252 e. The van der Waals surface area contributed by atoms with Gasteiger partial charge in [-0.1, -0.05) is 66.2 Å². The summed E-state index contributed by atoms with van der Waals surface area (Å²) in [6.07, 6.45) is 0. The van der Waals surface area contributed by atoms with Crippen LogP contribution in [0.5, 0.6) is 0 Å². The molecule has 1 atom stereocenters. The van der Waals surface area contributed by atoms with E-state index in [2.05, 4.69) is 58.4 Å². The molecule has 0 aliphatic carbocycles.